The summed E-state index contributed by atoms with van der Waals surface area (Å²) in [6.07, 6.45) is 3.57. The van der Waals surface area contributed by atoms with Crippen LogP contribution in [-0.4, -0.2) is 25.5 Å². The van der Waals surface area contributed by atoms with Crippen LogP contribution in [0.5, 0.6) is 0 Å². The molecule has 17 heavy (non-hydrogen) atoms. The number of carbonyl (C=O) groups is 1. The average Bonchev–Trinajstić information content (AvgIpc) is 2.74. The van der Waals surface area contributed by atoms with Crippen molar-refractivity contribution in [1.29, 1.82) is 0 Å². The Morgan fingerprint density at radius 2 is 2.29 bits per heavy atom. The first-order valence-electron chi connectivity index (χ1n) is 5.83. The zero-order chi connectivity index (χ0) is 12.3. The highest BCUT2D eigenvalue weighted by molar-refractivity contribution is 6.32. The highest BCUT2D eigenvalue weighted by Crippen LogP contribution is 2.27. The first kappa shape index (κ1) is 12.5. The van der Waals surface area contributed by atoms with Crippen molar-refractivity contribution in [3.05, 3.63) is 23.1 Å². The Balaban J connectivity index is 1.90. The Labute approximate surface area is 106 Å². The molecule has 2 N–H and O–H groups in total. The van der Waals surface area contributed by atoms with E-state index in [1.165, 1.54) is 6.26 Å². The fourth-order valence-electron chi connectivity index (χ4n) is 2.05. The fourth-order valence-corrected chi connectivity index (χ4v) is 2.25. The van der Waals surface area contributed by atoms with E-state index in [2.05, 4.69) is 17.6 Å². The van der Waals surface area contributed by atoms with Crippen molar-refractivity contribution in [3.8, 4) is 0 Å². The zero-order valence-electron chi connectivity index (χ0n) is 9.88. The summed E-state index contributed by atoms with van der Waals surface area (Å²) in [6.45, 7) is 4.90. The number of furan rings is 1. The molecule has 0 spiro atoms. The molecule has 0 saturated carbocycles. The molecule has 0 aliphatic carbocycles. The largest absolute Gasteiger partial charge is 0.452 e. The third-order valence-electron chi connectivity index (χ3n) is 3.35. The number of carbonyl (C=O) groups excluding carboxylic acids is 1. The summed E-state index contributed by atoms with van der Waals surface area (Å²) >= 11 is 5.75. The van der Waals surface area contributed by atoms with Crippen molar-refractivity contribution in [2.24, 2.45) is 5.41 Å². The molecular weight excluding hydrogens is 240 g/mol. The second-order valence-electron chi connectivity index (χ2n) is 4.85. The minimum absolute atomic E-state index is 0.151. The molecular formula is C12H17ClN2O2. The molecule has 0 bridgehead atoms. The van der Waals surface area contributed by atoms with Gasteiger partial charge in [-0.2, -0.15) is 0 Å². The monoisotopic (exact) mass is 256 g/mol. The Morgan fingerprint density at radius 3 is 2.88 bits per heavy atom. The van der Waals surface area contributed by atoms with Gasteiger partial charge in [-0.25, -0.2) is 0 Å². The van der Waals surface area contributed by atoms with E-state index < -0.39 is 0 Å². The smallest absolute Gasteiger partial charge is 0.256 e. The van der Waals surface area contributed by atoms with E-state index in [9.17, 15) is 4.79 Å². The van der Waals surface area contributed by atoms with Crippen LogP contribution in [0.25, 0.3) is 0 Å². The van der Waals surface area contributed by atoms with Gasteiger partial charge in [-0.05, 0) is 49.0 Å². The van der Waals surface area contributed by atoms with Crippen molar-refractivity contribution in [2.75, 3.05) is 19.6 Å². The van der Waals surface area contributed by atoms with Gasteiger partial charge in [0.25, 0.3) is 5.91 Å². The van der Waals surface area contributed by atoms with Crippen LogP contribution in [0.3, 0.4) is 0 Å². The van der Waals surface area contributed by atoms with Crippen molar-refractivity contribution in [1.82, 2.24) is 10.6 Å². The molecule has 1 aliphatic rings. The zero-order valence-corrected chi connectivity index (χ0v) is 10.6. The molecule has 0 aromatic carbocycles. The lowest BCUT2D eigenvalue weighted by Gasteiger charge is -2.34. The minimum Gasteiger partial charge on any atom is -0.452 e. The summed E-state index contributed by atoms with van der Waals surface area (Å²) in [4.78, 5) is 11.8. The predicted octanol–water partition coefficient (Wildman–Crippen LogP) is 2.05. The van der Waals surface area contributed by atoms with Crippen molar-refractivity contribution in [2.45, 2.75) is 19.8 Å². The van der Waals surface area contributed by atoms with Gasteiger partial charge in [-0.3, -0.25) is 4.79 Å². The number of amides is 1. The Bertz CT molecular complexity index is 397. The molecule has 1 fully saturated rings. The van der Waals surface area contributed by atoms with Crippen molar-refractivity contribution < 1.29 is 9.21 Å². The molecule has 0 radical (unpaired) electrons. The molecule has 2 heterocycles. The van der Waals surface area contributed by atoms with E-state index in [4.69, 9.17) is 16.0 Å². The Kier molecular flexibility index (Phi) is 3.74. The van der Waals surface area contributed by atoms with E-state index in [0.29, 0.717) is 12.1 Å². The second kappa shape index (κ2) is 5.10. The standard InChI is InChI=1S/C12H17ClN2O2/c1-12(3-5-14-6-4-12)8-15-11(16)9-2-7-17-10(9)13/h2,7,14H,3-6,8H2,1H3,(H,15,16). The van der Waals surface area contributed by atoms with Crippen LogP contribution in [0.2, 0.25) is 5.22 Å². The van der Waals surface area contributed by atoms with Gasteiger partial charge in [-0.1, -0.05) is 6.92 Å². The van der Waals surface area contributed by atoms with E-state index in [0.717, 1.165) is 25.9 Å². The molecule has 0 unspecified atom stereocenters. The maximum Gasteiger partial charge on any atom is 0.256 e. The minimum atomic E-state index is -0.163. The van der Waals surface area contributed by atoms with E-state index in [-0.39, 0.29) is 16.5 Å². The van der Waals surface area contributed by atoms with Gasteiger partial charge in [-0.15, -0.1) is 0 Å². The van der Waals surface area contributed by atoms with Crippen LogP contribution in [0.15, 0.2) is 16.7 Å². The lowest BCUT2D eigenvalue weighted by molar-refractivity contribution is 0.0922. The van der Waals surface area contributed by atoms with Gasteiger partial charge >= 0.3 is 0 Å². The molecule has 1 saturated heterocycles. The first-order valence-corrected chi connectivity index (χ1v) is 6.20. The first-order chi connectivity index (χ1) is 8.11. The number of hydrogen-bond acceptors (Lipinski definition) is 3. The van der Waals surface area contributed by atoms with Gasteiger partial charge in [0.15, 0.2) is 0 Å². The third kappa shape index (κ3) is 3.01. The van der Waals surface area contributed by atoms with Gasteiger partial charge in [0.05, 0.1) is 11.8 Å². The number of rotatable bonds is 3. The van der Waals surface area contributed by atoms with Gasteiger partial charge in [0, 0.05) is 6.54 Å². The SMILES string of the molecule is CC1(CNC(=O)c2ccoc2Cl)CCNCC1. The molecule has 1 aromatic heterocycles. The molecule has 1 aromatic rings. The lowest BCUT2D eigenvalue weighted by Crippen LogP contribution is -2.42. The third-order valence-corrected chi connectivity index (χ3v) is 3.64. The molecule has 1 aliphatic heterocycles. The maximum absolute atomic E-state index is 11.8. The fraction of sp³-hybridized carbons (Fsp3) is 0.583. The maximum atomic E-state index is 11.8. The van der Waals surface area contributed by atoms with Crippen molar-refractivity contribution >= 4 is 17.5 Å². The topological polar surface area (TPSA) is 54.3 Å². The number of hydrogen-bond donors (Lipinski definition) is 2. The summed E-state index contributed by atoms with van der Waals surface area (Å²) in [5.41, 5.74) is 0.584. The summed E-state index contributed by atoms with van der Waals surface area (Å²) < 4.78 is 4.90. The molecule has 4 nitrogen and oxygen atoms in total. The summed E-state index contributed by atoms with van der Waals surface area (Å²) in [5, 5.41) is 6.39. The predicted molar refractivity (Wildman–Crippen MR) is 66.3 cm³/mol. The number of piperidine rings is 1. The Morgan fingerprint density at radius 1 is 1.59 bits per heavy atom. The van der Waals surface area contributed by atoms with Gasteiger partial charge < -0.3 is 15.1 Å². The quantitative estimate of drug-likeness (QED) is 0.870. The van der Waals surface area contributed by atoms with Gasteiger partial charge in [0.1, 0.15) is 0 Å². The Hall–Kier alpha value is -1.00. The van der Waals surface area contributed by atoms with Crippen LogP contribution >= 0.6 is 11.6 Å². The lowest BCUT2D eigenvalue weighted by atomic mass is 9.81. The van der Waals surface area contributed by atoms with Crippen LogP contribution < -0.4 is 10.6 Å². The average molecular weight is 257 g/mol. The molecule has 0 atom stereocenters. The molecule has 5 heteroatoms. The van der Waals surface area contributed by atoms with Crippen LogP contribution in [0, 0.1) is 5.41 Å². The molecule has 1 amide bonds. The number of nitrogens with one attached hydrogen (secondary N) is 2. The van der Waals surface area contributed by atoms with E-state index in [1.54, 1.807) is 6.07 Å². The molecule has 2 rings (SSSR count). The summed E-state index contributed by atoms with van der Waals surface area (Å²) in [6, 6.07) is 1.59. The highest BCUT2D eigenvalue weighted by atomic mass is 35.5. The van der Waals surface area contributed by atoms with Crippen LogP contribution in [0.1, 0.15) is 30.1 Å². The normalized spacial score (nSPS) is 18.9. The van der Waals surface area contributed by atoms with E-state index in [1.807, 2.05) is 0 Å². The van der Waals surface area contributed by atoms with Gasteiger partial charge in [0.2, 0.25) is 5.22 Å². The summed E-state index contributed by atoms with van der Waals surface area (Å²) in [5.74, 6) is -0.163. The highest BCUT2D eigenvalue weighted by Gasteiger charge is 2.27. The van der Waals surface area contributed by atoms with E-state index >= 15 is 0 Å². The second-order valence-corrected chi connectivity index (χ2v) is 5.19. The van der Waals surface area contributed by atoms with Crippen molar-refractivity contribution in [3.63, 3.8) is 0 Å². The van der Waals surface area contributed by atoms with Crippen LogP contribution in [-0.2, 0) is 0 Å². The summed E-state index contributed by atoms with van der Waals surface area (Å²) in [7, 11) is 0. The van der Waals surface area contributed by atoms with Crippen LogP contribution in [0.4, 0.5) is 0 Å². The molecule has 94 valence electrons. The number of halogens is 1.